The van der Waals surface area contributed by atoms with Crippen LogP contribution in [-0.4, -0.2) is 96.0 Å². The second kappa shape index (κ2) is 12.6. The highest BCUT2D eigenvalue weighted by molar-refractivity contribution is 8.00. The predicted molar refractivity (Wildman–Crippen MR) is 136 cm³/mol. The summed E-state index contributed by atoms with van der Waals surface area (Å²) in [4.78, 5) is 62.6. The van der Waals surface area contributed by atoms with Crippen LogP contribution in [0.1, 0.15) is 34.1 Å². The fourth-order valence-corrected chi connectivity index (χ4v) is 6.67. The van der Waals surface area contributed by atoms with Crippen molar-refractivity contribution in [1.29, 1.82) is 0 Å². The Balaban J connectivity index is 1.65. The van der Waals surface area contributed by atoms with Gasteiger partial charge in [-0.15, -0.1) is 18.3 Å². The van der Waals surface area contributed by atoms with Gasteiger partial charge in [-0.3, -0.25) is 24.0 Å². The number of piperidine rings is 1. The van der Waals surface area contributed by atoms with Crippen LogP contribution >= 0.6 is 11.8 Å². The van der Waals surface area contributed by atoms with Crippen LogP contribution in [-0.2, 0) is 57.1 Å². The average Bonchev–Trinajstić information content (AvgIpc) is 3.34. The molecule has 0 aromatic rings. The lowest BCUT2D eigenvalue weighted by molar-refractivity contribution is -0.342. The molecule has 0 N–H and O–H groups in total. The van der Waals surface area contributed by atoms with Crippen molar-refractivity contribution in [2.24, 2.45) is 11.8 Å². The molecule has 4 aliphatic heterocycles. The number of carbonyl (C=O) groups excluding carboxylic acids is 5. The highest BCUT2D eigenvalue weighted by atomic mass is 32.2. The van der Waals surface area contributed by atoms with Crippen LogP contribution in [0.2, 0.25) is 0 Å². The lowest BCUT2D eigenvalue weighted by Crippen LogP contribution is -2.63. The van der Waals surface area contributed by atoms with E-state index in [1.165, 1.54) is 13.2 Å². The topological polar surface area (TPSA) is 153 Å². The van der Waals surface area contributed by atoms with Crippen LogP contribution in [0.3, 0.4) is 0 Å². The number of hydrogen-bond acceptors (Lipinski definition) is 13. The highest BCUT2D eigenvalue weighted by Gasteiger charge is 2.55. The number of esters is 4. The maximum Gasteiger partial charge on any atom is 0.303 e. The van der Waals surface area contributed by atoms with Gasteiger partial charge in [0.05, 0.1) is 17.2 Å². The van der Waals surface area contributed by atoms with E-state index in [2.05, 4.69) is 6.58 Å². The Labute approximate surface area is 235 Å². The van der Waals surface area contributed by atoms with Crippen molar-refractivity contribution in [3.05, 3.63) is 24.5 Å². The van der Waals surface area contributed by atoms with E-state index >= 15 is 0 Å². The molecule has 13 nitrogen and oxygen atoms in total. The van der Waals surface area contributed by atoms with Gasteiger partial charge in [-0.2, -0.15) is 0 Å². The first-order chi connectivity index (χ1) is 19.0. The van der Waals surface area contributed by atoms with E-state index < -0.39 is 66.8 Å². The number of hydrogen-bond donors (Lipinski definition) is 0. The van der Waals surface area contributed by atoms with E-state index in [1.807, 2.05) is 4.90 Å². The maximum absolute atomic E-state index is 13.1. The van der Waals surface area contributed by atoms with Gasteiger partial charge in [0.25, 0.3) is 5.91 Å². The molecular formula is C26H33NO12S. The van der Waals surface area contributed by atoms with Crippen LogP contribution in [0, 0.1) is 11.8 Å². The summed E-state index contributed by atoms with van der Waals surface area (Å²) in [7, 11) is 0. The zero-order valence-corrected chi connectivity index (χ0v) is 23.5. The molecule has 0 aromatic carbocycles. The largest absolute Gasteiger partial charge is 0.471 e. The van der Waals surface area contributed by atoms with E-state index in [0.29, 0.717) is 18.5 Å². The van der Waals surface area contributed by atoms with Gasteiger partial charge in [-0.1, -0.05) is 6.08 Å². The van der Waals surface area contributed by atoms with Crippen molar-refractivity contribution < 1.29 is 57.1 Å². The van der Waals surface area contributed by atoms with Crippen LogP contribution in [0.4, 0.5) is 0 Å². The predicted octanol–water partition coefficient (Wildman–Crippen LogP) is 1.05. The summed E-state index contributed by atoms with van der Waals surface area (Å²) in [5.41, 5.74) is 0.519. The van der Waals surface area contributed by atoms with Gasteiger partial charge in [-0.05, 0) is 6.42 Å². The summed E-state index contributed by atoms with van der Waals surface area (Å²) in [6.07, 6.45) is -4.00. The van der Waals surface area contributed by atoms with Gasteiger partial charge in [0.1, 0.15) is 12.7 Å². The number of thioether (sulfide) groups is 1. The first-order valence-electron chi connectivity index (χ1n) is 12.9. The van der Waals surface area contributed by atoms with Gasteiger partial charge >= 0.3 is 23.9 Å². The molecule has 0 aliphatic carbocycles. The van der Waals surface area contributed by atoms with Crippen molar-refractivity contribution in [1.82, 2.24) is 4.90 Å². The smallest absolute Gasteiger partial charge is 0.303 e. The fourth-order valence-electron chi connectivity index (χ4n) is 5.37. The molecule has 4 rings (SSSR count). The molecule has 0 unspecified atom stereocenters. The molecule has 220 valence electrons. The van der Waals surface area contributed by atoms with Crippen molar-refractivity contribution in [2.45, 2.75) is 76.5 Å². The second-order valence-corrected chi connectivity index (χ2v) is 11.0. The van der Waals surface area contributed by atoms with E-state index in [0.717, 1.165) is 26.5 Å². The van der Waals surface area contributed by atoms with Crippen molar-refractivity contribution in [3.8, 4) is 0 Å². The summed E-state index contributed by atoms with van der Waals surface area (Å²) in [5, 5.41) is 0.0292. The van der Waals surface area contributed by atoms with Gasteiger partial charge in [0, 0.05) is 51.8 Å². The van der Waals surface area contributed by atoms with E-state index in [4.69, 9.17) is 33.2 Å². The summed E-state index contributed by atoms with van der Waals surface area (Å²) in [5.74, 6) is -2.85. The third-order valence-electron chi connectivity index (χ3n) is 6.95. The molecule has 0 bridgehead atoms. The number of rotatable bonds is 8. The molecule has 9 atom stereocenters. The molecular weight excluding hydrogens is 550 g/mol. The van der Waals surface area contributed by atoms with Crippen LogP contribution in [0.5, 0.6) is 0 Å². The van der Waals surface area contributed by atoms with Gasteiger partial charge in [-0.25, -0.2) is 0 Å². The Bertz CT molecular complexity index is 1080. The van der Waals surface area contributed by atoms with Crippen molar-refractivity contribution in [2.75, 3.05) is 18.9 Å². The first kappa shape index (κ1) is 29.9. The minimum Gasteiger partial charge on any atom is -0.471 e. The number of fused-ring (bicyclic) bond motifs is 2. The second-order valence-electron chi connectivity index (χ2n) is 9.76. The Hall–Kier alpha value is -3.10. The van der Waals surface area contributed by atoms with Crippen LogP contribution in [0.15, 0.2) is 24.5 Å². The van der Waals surface area contributed by atoms with Crippen LogP contribution < -0.4 is 0 Å². The molecule has 4 aliphatic rings. The Morgan fingerprint density at radius 2 is 1.65 bits per heavy atom. The van der Waals surface area contributed by atoms with Crippen molar-refractivity contribution >= 4 is 41.5 Å². The molecule has 4 heterocycles. The Morgan fingerprint density at radius 1 is 1.00 bits per heavy atom. The minimum absolute atomic E-state index is 0.0292. The molecule has 40 heavy (non-hydrogen) atoms. The Morgan fingerprint density at radius 3 is 2.27 bits per heavy atom. The summed E-state index contributed by atoms with van der Waals surface area (Å²) >= 11 is 1.71. The molecule has 1 amide bonds. The zero-order valence-electron chi connectivity index (χ0n) is 22.6. The molecule has 3 fully saturated rings. The first-order valence-corrected chi connectivity index (χ1v) is 13.9. The monoisotopic (exact) mass is 583 g/mol. The maximum atomic E-state index is 13.1. The summed E-state index contributed by atoms with van der Waals surface area (Å²) in [6.45, 7) is 8.82. The third kappa shape index (κ3) is 6.44. The lowest BCUT2D eigenvalue weighted by atomic mass is 9.79. The fraction of sp³-hybridized carbons (Fsp3) is 0.654. The van der Waals surface area contributed by atoms with Gasteiger partial charge < -0.3 is 38.1 Å². The standard InChI is InChI=1S/C26H33NO12S/c1-6-16-17-9-20-27(7-8-40-20)24(32)18(17)10-34-25(16)39-26-23(37-15(5)31)22(36-14(4)30)21(35-13(3)29)19(38-26)11-33-12(2)28/h6,10,16-17,19-23,25-26H,1,7-9,11H2,2-5H3/t16-,17+,19-,20+,21-,22+,23-,25+,26+/m1/s1. The SMILES string of the molecule is C=C[C@H]1[C@H](O[C@@H]2O[C@H](COC(C)=O)[C@@H](OC(C)=O)[C@H](OC(C)=O)[C@H]2OC(C)=O)OC=C2C(=O)N3CCS[C@H]3C[C@H]21. The van der Waals surface area contributed by atoms with Crippen molar-refractivity contribution in [3.63, 3.8) is 0 Å². The molecule has 0 saturated carbocycles. The molecule has 3 saturated heterocycles. The molecule has 0 spiro atoms. The van der Waals surface area contributed by atoms with Crippen LogP contribution in [0.25, 0.3) is 0 Å². The number of carbonyl (C=O) groups is 5. The van der Waals surface area contributed by atoms with Gasteiger partial charge in [0.15, 0.2) is 18.3 Å². The highest BCUT2D eigenvalue weighted by Crippen LogP contribution is 2.45. The molecule has 0 radical (unpaired) electrons. The van der Waals surface area contributed by atoms with Gasteiger partial charge in [0.2, 0.25) is 12.6 Å². The summed E-state index contributed by atoms with van der Waals surface area (Å²) in [6, 6.07) is 0. The number of nitrogens with zero attached hydrogens (tertiary/aromatic N) is 1. The third-order valence-corrected chi connectivity index (χ3v) is 8.20. The average molecular weight is 584 g/mol. The normalized spacial score (nSPS) is 34.8. The number of ether oxygens (including phenoxy) is 7. The Kier molecular flexibility index (Phi) is 9.41. The zero-order chi connectivity index (χ0) is 29.1. The summed E-state index contributed by atoms with van der Waals surface area (Å²) < 4.78 is 39.5. The van der Waals surface area contributed by atoms with E-state index in [-0.39, 0.29) is 23.8 Å². The van der Waals surface area contributed by atoms with E-state index in [9.17, 15) is 24.0 Å². The molecule has 0 aromatic heterocycles. The lowest BCUT2D eigenvalue weighted by Gasteiger charge is -2.47. The quantitative estimate of drug-likeness (QED) is 0.227. The minimum atomic E-state index is -1.42. The number of amides is 1. The van der Waals surface area contributed by atoms with E-state index in [1.54, 1.807) is 17.8 Å². The molecule has 14 heteroatoms.